The Labute approximate surface area is 701 Å². The van der Waals surface area contributed by atoms with Gasteiger partial charge in [-0.15, -0.1) is 0 Å². The van der Waals surface area contributed by atoms with Crippen LogP contribution in [0.15, 0.2) is 140 Å². The quantitative estimate of drug-likeness (QED) is 0.0178. The molecule has 0 bridgehead atoms. The van der Waals surface area contributed by atoms with Crippen molar-refractivity contribution in [3.05, 3.63) is 167 Å². The molecule has 0 fully saturated rings. The minimum absolute atomic E-state index is 0.00197. The molecule has 13 atom stereocenters. The van der Waals surface area contributed by atoms with Crippen molar-refractivity contribution >= 4 is 119 Å². The lowest BCUT2D eigenvalue weighted by molar-refractivity contribution is -0.142. The first-order valence-electron chi connectivity index (χ1n) is 39.5. The number of fused-ring (bicyclic) bond motifs is 1. The van der Waals surface area contributed by atoms with Crippen LogP contribution in [0.1, 0.15) is 113 Å². The number of nitrogens with two attached hydrogens (primary N) is 3. The molecule has 0 saturated heterocycles. The second kappa shape index (κ2) is 49.9. The number of thiol groups is 2. The number of H-pyrrole nitrogens is 1. The van der Waals surface area contributed by atoms with E-state index in [0.717, 1.165) is 5.69 Å². The number of aromatic amines is 1. The lowest BCUT2D eigenvalue weighted by atomic mass is 10.00. The van der Waals surface area contributed by atoms with E-state index in [-0.39, 0.29) is 74.8 Å². The fourth-order valence-corrected chi connectivity index (χ4v) is 13.3. The highest BCUT2D eigenvalue weighted by molar-refractivity contribution is 7.80. The van der Waals surface area contributed by atoms with Crippen molar-refractivity contribution in [1.29, 1.82) is 0 Å². The Morgan fingerprint density at radius 2 is 0.798 bits per heavy atom. The number of carbonyl (C=O) groups is 13. The summed E-state index contributed by atoms with van der Waals surface area (Å²) in [7, 11) is 1.87. The maximum absolute atomic E-state index is 15.6. The van der Waals surface area contributed by atoms with Crippen LogP contribution in [0.3, 0.4) is 0 Å². The molecule has 6 rings (SSSR count). The predicted molar refractivity (Wildman–Crippen MR) is 453 cm³/mol. The number of carboxylic acid groups (broad SMARTS) is 2. The van der Waals surface area contributed by atoms with E-state index in [2.05, 4.69) is 88.7 Å². The van der Waals surface area contributed by atoms with Crippen LogP contribution < -0.4 is 80.6 Å². The number of nitrogens with zero attached hydrogens (tertiary/aromatic N) is 1. The van der Waals surface area contributed by atoms with Gasteiger partial charge < -0.3 is 111 Å². The minimum atomic E-state index is -1.91. The lowest BCUT2D eigenvalue weighted by Gasteiger charge is -2.29. The SMILES string of the molecule is CC(C)N(C)c1ccc(C[C@H](NC(=O)[C@@H](Cc2c[nH]c3ccccc23)NC(=O)[C@H](CCC(=O)O)NC(=O)[C@H](Cc2ccccc2)NC(=O)[C@H](CCCCN)NC(=O)[C@H](CS)NC(=O)[C@@H](N)Cc2ccc(O)cc2)C(=O)N[C@H](C(=O)N[C@@H](Cc2ccccc2)C(=O)N[C@@H](CCCCCCN)C(=O)N[C@@H](CO)C(=O)N[C@@H](CS)C(=O)O)[C@@H](C)O)cc1. The van der Waals surface area contributed by atoms with Crippen molar-refractivity contribution in [2.75, 3.05) is 43.1 Å². The number of rotatable bonds is 52. The summed E-state index contributed by atoms with van der Waals surface area (Å²) >= 11 is 8.28. The van der Waals surface area contributed by atoms with Crippen molar-refractivity contribution in [2.24, 2.45) is 17.2 Å². The third-order valence-electron chi connectivity index (χ3n) is 19.9. The van der Waals surface area contributed by atoms with E-state index in [9.17, 15) is 68.7 Å². The number of aliphatic carboxylic acids is 2. The number of para-hydroxylation sites is 1. The Morgan fingerprint density at radius 3 is 1.28 bits per heavy atom. The van der Waals surface area contributed by atoms with Gasteiger partial charge in [0, 0.05) is 79.5 Å². The van der Waals surface area contributed by atoms with E-state index in [1.54, 1.807) is 128 Å². The highest BCUT2D eigenvalue weighted by Gasteiger charge is 2.39. The summed E-state index contributed by atoms with van der Waals surface area (Å²) in [4.78, 5) is 190. The van der Waals surface area contributed by atoms with Crippen LogP contribution in [0.4, 0.5) is 5.69 Å². The predicted octanol–water partition coefficient (Wildman–Crippen LogP) is 0.112. The number of aliphatic hydroxyl groups is 2. The van der Waals surface area contributed by atoms with Crippen molar-refractivity contribution < 1.29 is 87.9 Å². The monoisotopic (exact) mass is 1690 g/mol. The molecule has 1 heterocycles. The summed E-state index contributed by atoms with van der Waals surface area (Å²) in [6, 6.07) is 18.0. The van der Waals surface area contributed by atoms with Gasteiger partial charge >= 0.3 is 11.9 Å². The first-order valence-corrected chi connectivity index (χ1v) is 40.8. The summed E-state index contributed by atoms with van der Waals surface area (Å²) in [5.41, 5.74) is 21.7. The van der Waals surface area contributed by atoms with Gasteiger partial charge in [-0.2, -0.15) is 25.3 Å². The van der Waals surface area contributed by atoms with E-state index < -0.39 is 175 Å². The molecule has 0 aliphatic rings. The zero-order valence-electron chi connectivity index (χ0n) is 67.1. The van der Waals surface area contributed by atoms with E-state index >= 15 is 19.2 Å². The van der Waals surface area contributed by atoms with Gasteiger partial charge in [-0.25, -0.2) is 4.79 Å². The molecule has 0 aliphatic carbocycles. The largest absolute Gasteiger partial charge is 0.508 e. The number of carboxylic acids is 2. The summed E-state index contributed by atoms with van der Waals surface area (Å²) < 4.78 is 0. The molecule has 23 N–H and O–H groups in total. The third kappa shape index (κ3) is 31.9. The van der Waals surface area contributed by atoms with Crippen LogP contribution in [-0.2, 0) is 94.4 Å². The Hall–Kier alpha value is -11.2. The molecule has 0 radical (unpaired) electrons. The van der Waals surface area contributed by atoms with Crippen LogP contribution in [0.25, 0.3) is 10.9 Å². The maximum Gasteiger partial charge on any atom is 0.327 e. The number of benzene rings is 5. The number of nitrogens with one attached hydrogen (secondary N) is 12. The number of anilines is 1. The van der Waals surface area contributed by atoms with Gasteiger partial charge in [-0.05, 0) is 137 Å². The summed E-state index contributed by atoms with van der Waals surface area (Å²) in [6.45, 7) is 4.74. The van der Waals surface area contributed by atoms with Gasteiger partial charge in [0.1, 0.15) is 72.2 Å². The van der Waals surface area contributed by atoms with Crippen molar-refractivity contribution in [3.8, 4) is 5.75 Å². The second-order valence-corrected chi connectivity index (χ2v) is 30.2. The number of aromatic hydroxyl groups is 1. The number of aliphatic hydroxyl groups excluding tert-OH is 2. The Kier molecular flexibility index (Phi) is 40.6. The fourth-order valence-electron chi connectivity index (χ4n) is 12.8. The van der Waals surface area contributed by atoms with Crippen LogP contribution >= 0.6 is 25.3 Å². The van der Waals surface area contributed by atoms with Crippen LogP contribution in [0.2, 0.25) is 0 Å². The van der Waals surface area contributed by atoms with E-state index in [1.807, 2.05) is 25.8 Å². The molecule has 11 amide bonds. The number of hydrogen-bond donors (Lipinski definition) is 22. The molecule has 36 heteroatoms. The molecule has 0 saturated carbocycles. The Balaban J connectivity index is 1.33. The zero-order chi connectivity index (χ0) is 87.3. The van der Waals surface area contributed by atoms with Crippen molar-refractivity contribution in [2.45, 2.75) is 202 Å². The third-order valence-corrected chi connectivity index (χ3v) is 20.6. The first kappa shape index (κ1) is 96.7. The average Bonchev–Trinajstić information content (AvgIpc) is 1.72. The molecule has 0 aliphatic heterocycles. The van der Waals surface area contributed by atoms with E-state index in [0.29, 0.717) is 83.8 Å². The molecule has 5 aromatic carbocycles. The molecule has 0 spiro atoms. The summed E-state index contributed by atoms with van der Waals surface area (Å²) in [6.07, 6.45) is 0.213. The minimum Gasteiger partial charge on any atom is -0.508 e. The number of unbranched alkanes of at least 4 members (excludes halogenated alkanes) is 4. The van der Waals surface area contributed by atoms with Gasteiger partial charge in [-0.3, -0.25) is 57.5 Å². The number of carbonyl (C=O) groups excluding carboxylic acids is 11. The van der Waals surface area contributed by atoms with Gasteiger partial charge in [0.15, 0.2) is 0 Å². The van der Waals surface area contributed by atoms with Gasteiger partial charge in [0.25, 0.3) is 0 Å². The molecule has 0 unspecified atom stereocenters. The molecule has 34 nitrogen and oxygen atoms in total. The Bertz CT molecular complexity index is 4320. The number of phenolic OH excluding ortho intramolecular Hbond substituents is 1. The molecule has 646 valence electrons. The van der Waals surface area contributed by atoms with Gasteiger partial charge in [0.05, 0.1) is 18.8 Å². The maximum atomic E-state index is 15.6. The van der Waals surface area contributed by atoms with Gasteiger partial charge in [-0.1, -0.05) is 122 Å². The summed E-state index contributed by atoms with van der Waals surface area (Å²) in [5, 5.41) is 80.3. The number of phenols is 1. The van der Waals surface area contributed by atoms with E-state index in [1.165, 1.54) is 19.1 Å². The van der Waals surface area contributed by atoms with Crippen LogP contribution in [0, 0.1) is 0 Å². The smallest absolute Gasteiger partial charge is 0.327 e. The van der Waals surface area contributed by atoms with Crippen LogP contribution in [0.5, 0.6) is 5.75 Å². The second-order valence-electron chi connectivity index (χ2n) is 29.4. The number of hydrogen-bond acceptors (Lipinski definition) is 22. The van der Waals surface area contributed by atoms with Crippen LogP contribution in [-0.4, -0.2) is 230 Å². The Morgan fingerprint density at radius 1 is 0.420 bits per heavy atom. The summed E-state index contributed by atoms with van der Waals surface area (Å²) in [5.74, 6) is -14.2. The fraction of sp³-hybridized carbons (Fsp3) is 0.458. The first-order chi connectivity index (χ1) is 56.9. The highest BCUT2D eigenvalue weighted by Crippen LogP contribution is 2.22. The molecule has 119 heavy (non-hydrogen) atoms. The number of aromatic nitrogens is 1. The topological polar surface area (TPSA) is 552 Å². The standard InChI is InChI=1S/C83H114N16O18S2/c1-48(2)99(4)55-31-27-53(28-32-55)42-65(79(112)98-71(49(3)101)82(115)94-64(41-51-21-11-8-12-22-51)77(110)88-60(25-13-5-6-17-37-84)74(107)95-67(45-100)80(113)97-69(47-119)83(116)117)92-78(111)66(43-54-44-87-59-24-15-14-23-57(54)59)93-75(108)62(35-36-70(103)104)90-76(109)63(40-50-19-9-7-10-20-50)91-73(106)61(26-16-18-38-85)89-81(114)68(46-118)96-72(105)58(86)39-52-29-33-56(102)34-30-52/h7-12,14-15,19-24,27-34,44,48-49,58,60-69,71,87,100-102,118-119H,5-6,13,16-18,25-26,35-43,45-47,84-86H2,1-4H3,(H,88,110)(H,89,114)(H,90,109)(H,91,106)(H,92,111)(H,93,108)(H,94,115)(H,95,107)(H,96,105)(H,97,113)(H,98,112)(H,103,104)(H,116,117)/t49-,58+,60+,61+,62+,63+,64+,65+,66-,67+,68+,69+,71+/m1/s1. The normalized spacial score (nSPS) is 14.5. The molecular weight excluding hydrogens is 1570 g/mol. The van der Waals surface area contributed by atoms with Crippen molar-refractivity contribution in [1.82, 2.24) is 63.5 Å². The van der Waals surface area contributed by atoms with E-state index in [4.69, 9.17) is 17.2 Å². The average molecular weight is 1690 g/mol. The lowest BCUT2D eigenvalue weighted by Crippen LogP contribution is -2.62. The zero-order valence-corrected chi connectivity index (χ0v) is 68.9. The van der Waals surface area contributed by atoms with Crippen molar-refractivity contribution in [3.63, 3.8) is 0 Å². The van der Waals surface area contributed by atoms with Gasteiger partial charge in [0.2, 0.25) is 65.0 Å². The molecule has 1 aromatic heterocycles. The molecule has 6 aromatic rings. The number of amides is 11. The molecular formula is C83H114N16O18S2. The highest BCUT2D eigenvalue weighted by atomic mass is 32.1.